The third-order valence-corrected chi connectivity index (χ3v) is 6.32. The van der Waals surface area contributed by atoms with Crippen molar-refractivity contribution in [2.45, 2.75) is 51.5 Å². The number of aromatic nitrogens is 1. The molecular weight excluding hydrogens is 268 g/mol. The molecule has 1 unspecified atom stereocenters. The SMILES string of the molecule is CC(Nc1ccnc(Cl)c1)C12CC3CC(CC(C3)C1)C2. The van der Waals surface area contributed by atoms with E-state index in [2.05, 4.69) is 17.2 Å². The van der Waals surface area contributed by atoms with Crippen LogP contribution < -0.4 is 5.32 Å². The van der Waals surface area contributed by atoms with E-state index in [1.807, 2.05) is 12.1 Å². The lowest BCUT2D eigenvalue weighted by molar-refractivity contribution is -0.0602. The molecule has 4 aliphatic rings. The Morgan fingerprint density at radius 1 is 1.20 bits per heavy atom. The highest BCUT2D eigenvalue weighted by Crippen LogP contribution is 2.61. The first-order chi connectivity index (χ1) is 9.63. The number of pyridine rings is 1. The highest BCUT2D eigenvalue weighted by molar-refractivity contribution is 6.29. The predicted molar refractivity (Wildman–Crippen MR) is 82.9 cm³/mol. The van der Waals surface area contributed by atoms with Gasteiger partial charge in [0.15, 0.2) is 0 Å². The van der Waals surface area contributed by atoms with E-state index >= 15 is 0 Å². The van der Waals surface area contributed by atoms with Crippen LogP contribution in [-0.4, -0.2) is 11.0 Å². The molecular formula is C17H23ClN2. The molecule has 0 aliphatic heterocycles. The van der Waals surface area contributed by atoms with Crippen molar-refractivity contribution < 1.29 is 0 Å². The molecule has 1 N–H and O–H groups in total. The Bertz CT molecular complexity index is 478. The summed E-state index contributed by atoms with van der Waals surface area (Å²) < 4.78 is 0. The van der Waals surface area contributed by atoms with Gasteiger partial charge in [-0.3, -0.25) is 0 Å². The minimum Gasteiger partial charge on any atom is -0.382 e. The predicted octanol–water partition coefficient (Wildman–Crippen LogP) is 4.75. The van der Waals surface area contributed by atoms with Crippen LogP contribution in [0.3, 0.4) is 0 Å². The monoisotopic (exact) mass is 290 g/mol. The lowest BCUT2D eigenvalue weighted by Crippen LogP contribution is -2.52. The van der Waals surface area contributed by atoms with Crippen molar-refractivity contribution >= 4 is 17.3 Å². The summed E-state index contributed by atoms with van der Waals surface area (Å²) in [5.41, 5.74) is 1.65. The Labute approximate surface area is 126 Å². The zero-order chi connectivity index (χ0) is 13.7. The van der Waals surface area contributed by atoms with Crippen LogP contribution in [0.5, 0.6) is 0 Å². The molecule has 0 aromatic carbocycles. The Hall–Kier alpha value is -0.760. The van der Waals surface area contributed by atoms with Crippen LogP contribution in [0.2, 0.25) is 5.15 Å². The van der Waals surface area contributed by atoms with Gasteiger partial charge in [0, 0.05) is 17.9 Å². The van der Waals surface area contributed by atoms with E-state index in [9.17, 15) is 0 Å². The molecule has 4 bridgehead atoms. The van der Waals surface area contributed by atoms with Gasteiger partial charge < -0.3 is 5.32 Å². The van der Waals surface area contributed by atoms with Crippen molar-refractivity contribution in [3.05, 3.63) is 23.5 Å². The first-order valence-electron chi connectivity index (χ1n) is 8.01. The number of hydrogen-bond donors (Lipinski definition) is 1. The second-order valence-electron chi connectivity index (χ2n) is 7.51. The Morgan fingerprint density at radius 3 is 2.35 bits per heavy atom. The van der Waals surface area contributed by atoms with Gasteiger partial charge in [-0.2, -0.15) is 0 Å². The van der Waals surface area contributed by atoms with Crippen molar-refractivity contribution in [2.24, 2.45) is 23.2 Å². The summed E-state index contributed by atoms with van der Waals surface area (Å²) in [6.45, 7) is 2.38. The van der Waals surface area contributed by atoms with Gasteiger partial charge in [0.25, 0.3) is 0 Å². The Balaban J connectivity index is 1.54. The first kappa shape index (κ1) is 12.9. The third-order valence-electron chi connectivity index (χ3n) is 6.11. The van der Waals surface area contributed by atoms with Crippen molar-refractivity contribution in [3.63, 3.8) is 0 Å². The smallest absolute Gasteiger partial charge is 0.131 e. The maximum atomic E-state index is 6.00. The average molecular weight is 291 g/mol. The lowest BCUT2D eigenvalue weighted by Gasteiger charge is -2.59. The minimum atomic E-state index is 0.532. The average Bonchev–Trinajstić information content (AvgIpc) is 2.37. The van der Waals surface area contributed by atoms with Crippen LogP contribution in [0, 0.1) is 23.2 Å². The van der Waals surface area contributed by atoms with Crippen LogP contribution in [0.15, 0.2) is 18.3 Å². The molecule has 0 radical (unpaired) electrons. The highest BCUT2D eigenvalue weighted by atomic mass is 35.5. The maximum absolute atomic E-state index is 6.00. The van der Waals surface area contributed by atoms with E-state index in [1.165, 1.54) is 38.5 Å². The van der Waals surface area contributed by atoms with E-state index in [-0.39, 0.29) is 0 Å². The largest absolute Gasteiger partial charge is 0.382 e. The number of nitrogens with one attached hydrogen (secondary N) is 1. The zero-order valence-electron chi connectivity index (χ0n) is 12.1. The van der Waals surface area contributed by atoms with Crippen LogP contribution in [0.25, 0.3) is 0 Å². The fourth-order valence-corrected chi connectivity index (χ4v) is 5.78. The molecule has 3 heteroatoms. The zero-order valence-corrected chi connectivity index (χ0v) is 12.9. The van der Waals surface area contributed by atoms with Crippen molar-refractivity contribution in [3.8, 4) is 0 Å². The third kappa shape index (κ3) is 2.13. The molecule has 20 heavy (non-hydrogen) atoms. The Kier molecular flexibility index (Phi) is 2.99. The fourth-order valence-electron chi connectivity index (χ4n) is 5.60. The summed E-state index contributed by atoms with van der Waals surface area (Å²) in [6.07, 6.45) is 10.6. The van der Waals surface area contributed by atoms with E-state index in [0.717, 1.165) is 23.4 Å². The van der Waals surface area contributed by atoms with Crippen LogP contribution in [0.4, 0.5) is 5.69 Å². The fraction of sp³-hybridized carbons (Fsp3) is 0.706. The number of anilines is 1. The minimum absolute atomic E-state index is 0.532. The maximum Gasteiger partial charge on any atom is 0.131 e. The van der Waals surface area contributed by atoms with Crippen molar-refractivity contribution in [2.75, 3.05) is 5.32 Å². The van der Waals surface area contributed by atoms with Gasteiger partial charge in [0.1, 0.15) is 5.15 Å². The molecule has 1 aromatic heterocycles. The Morgan fingerprint density at radius 2 is 1.80 bits per heavy atom. The second kappa shape index (κ2) is 4.62. The second-order valence-corrected chi connectivity index (χ2v) is 7.90. The molecule has 4 aliphatic carbocycles. The van der Waals surface area contributed by atoms with Crippen molar-refractivity contribution in [1.82, 2.24) is 4.98 Å². The highest BCUT2D eigenvalue weighted by Gasteiger charge is 2.53. The summed E-state index contributed by atoms with van der Waals surface area (Å²) in [6, 6.07) is 4.51. The molecule has 0 spiro atoms. The number of hydrogen-bond acceptors (Lipinski definition) is 2. The molecule has 2 nitrogen and oxygen atoms in total. The van der Waals surface area contributed by atoms with E-state index in [4.69, 9.17) is 11.6 Å². The van der Waals surface area contributed by atoms with E-state index < -0.39 is 0 Å². The van der Waals surface area contributed by atoms with Gasteiger partial charge in [-0.25, -0.2) is 4.98 Å². The van der Waals surface area contributed by atoms with Gasteiger partial charge in [0.05, 0.1) is 0 Å². The molecule has 1 heterocycles. The molecule has 0 saturated heterocycles. The molecule has 0 amide bonds. The first-order valence-corrected chi connectivity index (χ1v) is 8.39. The van der Waals surface area contributed by atoms with Crippen molar-refractivity contribution in [1.29, 1.82) is 0 Å². The normalized spacial score (nSPS) is 39.8. The molecule has 4 fully saturated rings. The van der Waals surface area contributed by atoms with Gasteiger partial charge in [0.2, 0.25) is 0 Å². The molecule has 1 aromatic rings. The summed E-state index contributed by atoms with van der Waals surface area (Å²) >= 11 is 6.00. The van der Waals surface area contributed by atoms with Crippen LogP contribution in [-0.2, 0) is 0 Å². The number of halogens is 1. The van der Waals surface area contributed by atoms with Crippen LogP contribution in [0.1, 0.15) is 45.4 Å². The molecule has 4 saturated carbocycles. The van der Waals surface area contributed by atoms with Gasteiger partial charge in [-0.05, 0) is 80.8 Å². The van der Waals surface area contributed by atoms with Gasteiger partial charge in [-0.15, -0.1) is 0 Å². The summed E-state index contributed by atoms with van der Waals surface area (Å²) in [4.78, 5) is 4.06. The van der Waals surface area contributed by atoms with E-state index in [1.54, 1.807) is 6.20 Å². The summed E-state index contributed by atoms with van der Waals surface area (Å²) in [5, 5.41) is 4.29. The van der Waals surface area contributed by atoms with Gasteiger partial charge >= 0.3 is 0 Å². The van der Waals surface area contributed by atoms with Gasteiger partial charge in [-0.1, -0.05) is 11.6 Å². The topological polar surface area (TPSA) is 24.9 Å². The number of rotatable bonds is 3. The molecule has 5 rings (SSSR count). The quantitative estimate of drug-likeness (QED) is 0.813. The molecule has 108 valence electrons. The summed E-state index contributed by atoms with van der Waals surface area (Å²) in [5.74, 6) is 3.02. The molecule has 1 atom stereocenters. The van der Waals surface area contributed by atoms with Crippen LogP contribution >= 0.6 is 11.6 Å². The van der Waals surface area contributed by atoms with E-state index in [0.29, 0.717) is 16.6 Å². The lowest BCUT2D eigenvalue weighted by atomic mass is 9.48. The standard InChI is InChI=1S/C17H23ClN2/c1-11(20-15-2-3-19-16(18)7-15)17-8-12-4-13(9-17)6-14(5-12)10-17/h2-3,7,11-14H,4-6,8-10H2,1H3,(H,19,20). The number of nitrogens with zero attached hydrogens (tertiary/aromatic N) is 1. The summed E-state index contributed by atoms with van der Waals surface area (Å²) in [7, 11) is 0.